The first-order chi connectivity index (χ1) is 8.04. The molecule has 0 spiro atoms. The second-order valence-electron chi connectivity index (χ2n) is 4.14. The van der Waals surface area contributed by atoms with Crippen LogP contribution in [0, 0.1) is 0 Å². The Morgan fingerprint density at radius 3 is 2.35 bits per heavy atom. The molecule has 0 amide bonds. The molecule has 104 valence electrons. The van der Waals surface area contributed by atoms with Crippen molar-refractivity contribution in [2.45, 2.75) is 39.5 Å². The zero-order valence-electron chi connectivity index (χ0n) is 11.3. The Morgan fingerprint density at radius 2 is 1.76 bits per heavy atom. The van der Waals surface area contributed by atoms with Crippen LogP contribution in [0.15, 0.2) is 0 Å². The molecule has 0 unspecified atom stereocenters. The van der Waals surface area contributed by atoms with Crippen molar-refractivity contribution in [1.29, 1.82) is 0 Å². The molecule has 6 heteroatoms. The molecule has 2 N–H and O–H groups in total. The van der Waals surface area contributed by atoms with Crippen LogP contribution in [-0.2, 0) is 10.2 Å². The van der Waals surface area contributed by atoms with E-state index in [-0.39, 0.29) is 0 Å². The van der Waals surface area contributed by atoms with Gasteiger partial charge in [0.25, 0.3) is 10.2 Å². The number of unbranched alkanes of at least 4 members (excludes halogenated alkanes) is 2. The molecular formula is C11H27N3O2S. The molecule has 5 nitrogen and oxygen atoms in total. The summed E-state index contributed by atoms with van der Waals surface area (Å²) >= 11 is 0. The third kappa shape index (κ3) is 8.54. The molecule has 0 saturated carbocycles. The molecule has 0 aliphatic heterocycles. The quantitative estimate of drug-likeness (QED) is 0.547. The minimum Gasteiger partial charge on any atom is -0.317 e. The SMILES string of the molecule is CCCCCNS(=O)(=O)N(C)CCCNCC. The van der Waals surface area contributed by atoms with Gasteiger partial charge in [0.2, 0.25) is 0 Å². The highest BCUT2D eigenvalue weighted by Gasteiger charge is 2.15. The van der Waals surface area contributed by atoms with Gasteiger partial charge in [-0.05, 0) is 25.9 Å². The highest BCUT2D eigenvalue weighted by molar-refractivity contribution is 7.87. The average Bonchev–Trinajstić information content (AvgIpc) is 2.30. The van der Waals surface area contributed by atoms with Crippen molar-refractivity contribution in [3.8, 4) is 0 Å². The summed E-state index contributed by atoms with van der Waals surface area (Å²) in [7, 11) is -1.65. The van der Waals surface area contributed by atoms with Gasteiger partial charge in [-0.25, -0.2) is 4.72 Å². The maximum atomic E-state index is 11.8. The minimum absolute atomic E-state index is 0.535. The maximum absolute atomic E-state index is 11.8. The van der Waals surface area contributed by atoms with E-state index < -0.39 is 10.2 Å². The zero-order valence-corrected chi connectivity index (χ0v) is 12.1. The van der Waals surface area contributed by atoms with E-state index in [4.69, 9.17) is 0 Å². The topological polar surface area (TPSA) is 61.4 Å². The fourth-order valence-electron chi connectivity index (χ4n) is 1.41. The van der Waals surface area contributed by atoms with Gasteiger partial charge in [-0.1, -0.05) is 26.7 Å². The third-order valence-corrected chi connectivity index (χ3v) is 4.12. The molecular weight excluding hydrogens is 238 g/mol. The fraction of sp³-hybridized carbons (Fsp3) is 1.00. The van der Waals surface area contributed by atoms with Crippen LogP contribution >= 0.6 is 0 Å². The van der Waals surface area contributed by atoms with Gasteiger partial charge in [-0.15, -0.1) is 0 Å². The van der Waals surface area contributed by atoms with Crippen molar-refractivity contribution in [1.82, 2.24) is 14.3 Å². The molecule has 0 heterocycles. The number of nitrogens with zero attached hydrogens (tertiary/aromatic N) is 1. The van der Waals surface area contributed by atoms with Gasteiger partial charge >= 0.3 is 0 Å². The van der Waals surface area contributed by atoms with Crippen LogP contribution in [0.2, 0.25) is 0 Å². The van der Waals surface area contributed by atoms with Crippen molar-refractivity contribution < 1.29 is 8.42 Å². The molecule has 0 atom stereocenters. The molecule has 0 aromatic carbocycles. The van der Waals surface area contributed by atoms with E-state index in [9.17, 15) is 8.42 Å². The summed E-state index contributed by atoms with van der Waals surface area (Å²) in [6.07, 6.45) is 3.90. The van der Waals surface area contributed by atoms with E-state index >= 15 is 0 Å². The van der Waals surface area contributed by atoms with Gasteiger partial charge in [0.1, 0.15) is 0 Å². The minimum atomic E-state index is -3.27. The number of hydrogen-bond acceptors (Lipinski definition) is 3. The fourth-order valence-corrected chi connectivity index (χ4v) is 2.40. The summed E-state index contributed by atoms with van der Waals surface area (Å²) < 4.78 is 27.5. The van der Waals surface area contributed by atoms with Gasteiger partial charge in [0.15, 0.2) is 0 Å². The summed E-state index contributed by atoms with van der Waals surface area (Å²) in [6, 6.07) is 0. The van der Waals surface area contributed by atoms with Crippen molar-refractivity contribution in [2.75, 3.05) is 33.2 Å². The third-order valence-electron chi connectivity index (χ3n) is 2.55. The standard InChI is InChI=1S/C11H27N3O2S/c1-4-6-7-10-13-17(15,16)14(3)11-8-9-12-5-2/h12-13H,4-11H2,1-3H3. The van der Waals surface area contributed by atoms with Crippen molar-refractivity contribution in [3.05, 3.63) is 0 Å². The van der Waals surface area contributed by atoms with Crippen LogP contribution < -0.4 is 10.0 Å². The Morgan fingerprint density at radius 1 is 1.06 bits per heavy atom. The predicted octanol–water partition coefficient (Wildman–Crippen LogP) is 0.942. The van der Waals surface area contributed by atoms with E-state index in [1.807, 2.05) is 6.92 Å². The molecule has 0 aromatic heterocycles. The van der Waals surface area contributed by atoms with Gasteiger partial charge in [0, 0.05) is 20.1 Å². The lowest BCUT2D eigenvalue weighted by Crippen LogP contribution is -2.39. The molecule has 0 aliphatic rings. The maximum Gasteiger partial charge on any atom is 0.279 e. The van der Waals surface area contributed by atoms with Gasteiger partial charge in [0.05, 0.1) is 0 Å². The van der Waals surface area contributed by atoms with Gasteiger partial charge in [-0.3, -0.25) is 0 Å². The van der Waals surface area contributed by atoms with Crippen LogP contribution in [-0.4, -0.2) is 45.9 Å². The second kappa shape index (κ2) is 9.82. The van der Waals surface area contributed by atoms with Crippen LogP contribution in [0.1, 0.15) is 39.5 Å². The van der Waals surface area contributed by atoms with E-state index in [0.717, 1.165) is 38.8 Å². The second-order valence-corrected chi connectivity index (χ2v) is 6.00. The average molecular weight is 265 g/mol. The molecule has 0 radical (unpaired) electrons. The van der Waals surface area contributed by atoms with E-state index in [0.29, 0.717) is 13.1 Å². The lowest BCUT2D eigenvalue weighted by atomic mass is 10.3. The summed E-state index contributed by atoms with van der Waals surface area (Å²) in [5.41, 5.74) is 0. The number of hydrogen-bond donors (Lipinski definition) is 2. The Balaban J connectivity index is 3.78. The van der Waals surface area contributed by atoms with E-state index in [1.54, 1.807) is 7.05 Å². The molecule has 0 aliphatic carbocycles. The predicted molar refractivity (Wildman–Crippen MR) is 72.2 cm³/mol. The lowest BCUT2D eigenvalue weighted by molar-refractivity contribution is 0.444. The summed E-state index contributed by atoms with van der Waals surface area (Å²) in [6.45, 7) is 7.00. The van der Waals surface area contributed by atoms with Crippen LogP contribution in [0.5, 0.6) is 0 Å². The molecule has 0 fully saturated rings. The monoisotopic (exact) mass is 265 g/mol. The van der Waals surface area contributed by atoms with Crippen LogP contribution in [0.25, 0.3) is 0 Å². The highest BCUT2D eigenvalue weighted by Crippen LogP contribution is 1.97. The first kappa shape index (κ1) is 16.8. The lowest BCUT2D eigenvalue weighted by Gasteiger charge is -2.17. The van der Waals surface area contributed by atoms with Crippen LogP contribution in [0.3, 0.4) is 0 Å². The summed E-state index contributed by atoms with van der Waals surface area (Å²) in [5, 5.41) is 3.17. The molecule has 0 saturated heterocycles. The molecule has 0 rings (SSSR count). The Kier molecular flexibility index (Phi) is 9.72. The first-order valence-corrected chi connectivity index (χ1v) is 7.90. The molecule has 0 bridgehead atoms. The van der Waals surface area contributed by atoms with E-state index in [2.05, 4.69) is 17.0 Å². The van der Waals surface area contributed by atoms with Gasteiger partial charge in [-0.2, -0.15) is 12.7 Å². The Hall–Kier alpha value is -0.170. The van der Waals surface area contributed by atoms with Crippen LogP contribution in [0.4, 0.5) is 0 Å². The summed E-state index contributed by atoms with van der Waals surface area (Å²) in [5.74, 6) is 0. The normalized spacial score (nSPS) is 12.2. The first-order valence-electron chi connectivity index (χ1n) is 6.46. The van der Waals surface area contributed by atoms with Crippen molar-refractivity contribution in [2.24, 2.45) is 0 Å². The zero-order chi connectivity index (χ0) is 13.1. The molecule has 0 aromatic rings. The molecule has 17 heavy (non-hydrogen) atoms. The number of nitrogens with one attached hydrogen (secondary N) is 2. The van der Waals surface area contributed by atoms with E-state index in [1.165, 1.54) is 4.31 Å². The number of rotatable bonds is 11. The summed E-state index contributed by atoms with van der Waals surface area (Å²) in [4.78, 5) is 0. The van der Waals surface area contributed by atoms with Crippen molar-refractivity contribution >= 4 is 10.2 Å². The Labute approximate surface area is 106 Å². The Bertz CT molecular complexity index is 268. The van der Waals surface area contributed by atoms with Crippen molar-refractivity contribution in [3.63, 3.8) is 0 Å². The van der Waals surface area contributed by atoms with Gasteiger partial charge < -0.3 is 5.32 Å². The highest BCUT2D eigenvalue weighted by atomic mass is 32.2. The smallest absolute Gasteiger partial charge is 0.279 e. The largest absolute Gasteiger partial charge is 0.317 e.